The molecule has 0 saturated carbocycles. The number of aromatic hydroxyl groups is 1. The van der Waals surface area contributed by atoms with Crippen molar-refractivity contribution in [3.63, 3.8) is 0 Å². The van der Waals surface area contributed by atoms with Gasteiger partial charge in [0.2, 0.25) is 11.8 Å². The Hall–Kier alpha value is -3.98. The highest BCUT2D eigenvalue weighted by atomic mass is 16.5. The number of nitrogens with zero attached hydrogens (tertiary/aromatic N) is 1. The van der Waals surface area contributed by atoms with E-state index >= 15 is 0 Å². The van der Waals surface area contributed by atoms with Gasteiger partial charge in [0, 0.05) is 11.5 Å². The van der Waals surface area contributed by atoms with Crippen LogP contribution in [0.25, 0.3) is 11.6 Å². The molecule has 2 amide bonds. The summed E-state index contributed by atoms with van der Waals surface area (Å²) in [6.07, 6.45) is 3.77. The van der Waals surface area contributed by atoms with Gasteiger partial charge in [0.1, 0.15) is 5.75 Å². The van der Waals surface area contributed by atoms with Crippen molar-refractivity contribution in [2.24, 2.45) is 23.7 Å². The first-order chi connectivity index (χ1) is 20.7. The number of phenols is 1. The van der Waals surface area contributed by atoms with E-state index in [0.29, 0.717) is 31.6 Å². The molecule has 220 valence electrons. The van der Waals surface area contributed by atoms with Gasteiger partial charge in [0.05, 0.1) is 30.2 Å². The summed E-state index contributed by atoms with van der Waals surface area (Å²) in [7, 11) is -1.69. The first kappa shape index (κ1) is 29.1. The van der Waals surface area contributed by atoms with Crippen LogP contribution in [0.3, 0.4) is 0 Å². The average molecular weight is 577 g/mol. The Balaban J connectivity index is 1.29. The first-order valence-corrected chi connectivity index (χ1v) is 15.0. The summed E-state index contributed by atoms with van der Waals surface area (Å²) in [5.74, 6) is -1.23. The average Bonchev–Trinajstić information content (AvgIpc) is 3.54. The quantitative estimate of drug-likeness (QED) is 0.157. The Morgan fingerprint density at radius 3 is 2.44 bits per heavy atom. The zero-order valence-electron chi connectivity index (χ0n) is 24.4. The summed E-state index contributed by atoms with van der Waals surface area (Å²) in [6.45, 7) is 4.64. The highest BCUT2D eigenvalue weighted by Crippen LogP contribution is 2.52. The number of amides is 2. The zero-order chi connectivity index (χ0) is 30.2. The molecule has 0 radical (unpaired) electrons. The standard InChI is InChI=1S/C35H36BNO6/c1-21(2)27-19-28-33(35(40)37(34(28)39)26-13-8-12-25(18-26)36(41)42)29-20-43-31(32(27)29)16-15-23(22-9-4-3-5-10-22)17-24-11-6-7-14-30(24)38/h3-14,17-18,21,28-29,31,33,38,41-42H,15-16,19-20H2,1-2H3/b23-17-/t28-,29+,31-,33-/m1/s1. The number of fused-ring (bicyclic) bond motifs is 3. The van der Waals surface area contributed by atoms with Crippen molar-refractivity contribution >= 4 is 41.7 Å². The fraction of sp³-hybridized carbons (Fsp3) is 0.314. The maximum Gasteiger partial charge on any atom is 0.488 e. The SMILES string of the molecule is CC(C)C1=C2[C@@H](CC/C(=C/c3ccccc3O)c3ccccc3)OC[C@@H]2[C@@H]2C(=O)N(c3cccc(B(O)O)c3)C(=O)[C@@H]2C1. The van der Waals surface area contributed by atoms with Crippen LogP contribution in [0.4, 0.5) is 5.69 Å². The molecule has 3 aromatic rings. The van der Waals surface area contributed by atoms with Gasteiger partial charge >= 0.3 is 7.12 Å². The van der Waals surface area contributed by atoms with Crippen LogP contribution in [0, 0.1) is 23.7 Å². The highest BCUT2D eigenvalue weighted by Gasteiger charge is 2.57. The van der Waals surface area contributed by atoms with Gasteiger partial charge in [-0.25, -0.2) is 0 Å². The summed E-state index contributed by atoms with van der Waals surface area (Å²) in [5, 5.41) is 29.8. The molecule has 1 aliphatic carbocycles. The van der Waals surface area contributed by atoms with Crippen molar-refractivity contribution in [1.29, 1.82) is 0 Å². The highest BCUT2D eigenvalue weighted by molar-refractivity contribution is 6.58. The number of carbonyl (C=O) groups is 2. The number of hydrogen-bond donors (Lipinski definition) is 3. The second-order valence-corrected chi connectivity index (χ2v) is 12.0. The van der Waals surface area contributed by atoms with E-state index in [-0.39, 0.29) is 41.0 Å². The van der Waals surface area contributed by atoms with E-state index < -0.39 is 19.0 Å². The smallest absolute Gasteiger partial charge is 0.488 e. The lowest BCUT2D eigenvalue weighted by Crippen LogP contribution is -2.36. The molecule has 0 bridgehead atoms. The van der Waals surface area contributed by atoms with E-state index in [1.54, 1.807) is 30.3 Å². The molecule has 4 atom stereocenters. The predicted octanol–water partition coefficient (Wildman–Crippen LogP) is 4.57. The molecule has 3 aromatic carbocycles. The predicted molar refractivity (Wildman–Crippen MR) is 167 cm³/mol. The first-order valence-electron chi connectivity index (χ1n) is 15.0. The number of rotatable bonds is 8. The Bertz CT molecular complexity index is 1600. The number of imide groups is 1. The number of para-hydroxylation sites is 1. The number of carbonyl (C=O) groups excluding carboxylic acids is 2. The van der Waals surface area contributed by atoms with Gasteiger partial charge in [-0.15, -0.1) is 0 Å². The van der Waals surface area contributed by atoms with Crippen LogP contribution in [0.5, 0.6) is 5.75 Å². The minimum absolute atomic E-state index is 0.176. The molecule has 2 saturated heterocycles. The van der Waals surface area contributed by atoms with Crippen molar-refractivity contribution in [3.05, 3.63) is 101 Å². The molecule has 2 aliphatic heterocycles. The third-order valence-electron chi connectivity index (χ3n) is 9.15. The molecule has 0 aromatic heterocycles. The fourth-order valence-corrected chi connectivity index (χ4v) is 7.07. The Morgan fingerprint density at radius 1 is 0.977 bits per heavy atom. The van der Waals surface area contributed by atoms with Crippen LogP contribution < -0.4 is 10.4 Å². The maximum absolute atomic E-state index is 13.9. The van der Waals surface area contributed by atoms with Crippen LogP contribution in [0.2, 0.25) is 0 Å². The lowest BCUT2D eigenvalue weighted by molar-refractivity contribution is -0.122. The summed E-state index contributed by atoms with van der Waals surface area (Å²) in [6, 6.07) is 23.7. The Labute approximate surface area is 252 Å². The Morgan fingerprint density at radius 2 is 1.72 bits per heavy atom. The van der Waals surface area contributed by atoms with Gasteiger partial charge < -0.3 is 19.9 Å². The van der Waals surface area contributed by atoms with Gasteiger partial charge in [-0.3, -0.25) is 14.5 Å². The number of phenolic OH excluding ortho intramolecular Hbond substituents is 1. The number of hydrogen-bond acceptors (Lipinski definition) is 6. The summed E-state index contributed by atoms with van der Waals surface area (Å²) in [5.41, 5.74) is 5.85. The molecular weight excluding hydrogens is 541 g/mol. The van der Waals surface area contributed by atoms with Gasteiger partial charge in [-0.1, -0.05) is 80.1 Å². The van der Waals surface area contributed by atoms with Gasteiger partial charge in [0.25, 0.3) is 0 Å². The maximum atomic E-state index is 13.9. The molecule has 6 rings (SSSR count). The number of allylic oxidation sites excluding steroid dienone is 2. The van der Waals surface area contributed by atoms with E-state index in [1.807, 2.05) is 36.4 Å². The number of anilines is 1. The third-order valence-corrected chi connectivity index (χ3v) is 9.15. The third kappa shape index (κ3) is 5.47. The van der Waals surface area contributed by atoms with Gasteiger partial charge in [-0.05, 0) is 71.6 Å². The minimum Gasteiger partial charge on any atom is -0.507 e. The van der Waals surface area contributed by atoms with E-state index in [2.05, 4.69) is 26.0 Å². The van der Waals surface area contributed by atoms with Crippen LogP contribution in [-0.4, -0.2) is 46.8 Å². The van der Waals surface area contributed by atoms with E-state index in [4.69, 9.17) is 4.74 Å². The van der Waals surface area contributed by atoms with E-state index in [1.165, 1.54) is 16.5 Å². The summed E-state index contributed by atoms with van der Waals surface area (Å²) >= 11 is 0. The van der Waals surface area contributed by atoms with Gasteiger partial charge in [0.15, 0.2) is 0 Å². The van der Waals surface area contributed by atoms with Crippen molar-refractivity contribution in [2.75, 3.05) is 11.5 Å². The molecule has 3 N–H and O–H groups in total. The Kier molecular flexibility index (Phi) is 8.10. The molecule has 43 heavy (non-hydrogen) atoms. The number of ether oxygens (including phenoxy) is 1. The second kappa shape index (κ2) is 12.0. The molecule has 2 fully saturated rings. The van der Waals surface area contributed by atoms with Crippen LogP contribution in [0.1, 0.15) is 44.2 Å². The fourth-order valence-electron chi connectivity index (χ4n) is 7.07. The molecule has 7 nitrogen and oxygen atoms in total. The molecule has 2 heterocycles. The molecular formula is C35H36BNO6. The van der Waals surface area contributed by atoms with Crippen LogP contribution in [-0.2, 0) is 14.3 Å². The molecule has 0 spiro atoms. The van der Waals surface area contributed by atoms with Crippen molar-refractivity contribution in [3.8, 4) is 5.75 Å². The van der Waals surface area contributed by atoms with Crippen molar-refractivity contribution in [2.45, 2.75) is 39.2 Å². The lowest BCUT2D eigenvalue weighted by Gasteiger charge is -2.33. The second-order valence-electron chi connectivity index (χ2n) is 12.0. The zero-order valence-corrected chi connectivity index (χ0v) is 24.4. The normalized spacial score (nSPS) is 23.7. The minimum atomic E-state index is -1.69. The van der Waals surface area contributed by atoms with Crippen LogP contribution in [0.15, 0.2) is 90.0 Å². The monoisotopic (exact) mass is 577 g/mol. The molecule has 3 aliphatic rings. The molecule has 0 unspecified atom stereocenters. The lowest BCUT2D eigenvalue weighted by atomic mass is 9.67. The van der Waals surface area contributed by atoms with E-state index in [0.717, 1.165) is 22.3 Å². The number of benzene rings is 3. The topological polar surface area (TPSA) is 107 Å². The van der Waals surface area contributed by atoms with Crippen molar-refractivity contribution < 1.29 is 29.5 Å². The van der Waals surface area contributed by atoms with E-state index in [9.17, 15) is 24.7 Å². The molecule has 8 heteroatoms. The van der Waals surface area contributed by atoms with Crippen LogP contribution >= 0.6 is 0 Å². The summed E-state index contributed by atoms with van der Waals surface area (Å²) in [4.78, 5) is 28.9. The summed E-state index contributed by atoms with van der Waals surface area (Å²) < 4.78 is 6.44. The van der Waals surface area contributed by atoms with Gasteiger partial charge in [-0.2, -0.15) is 0 Å². The van der Waals surface area contributed by atoms with Crippen molar-refractivity contribution in [1.82, 2.24) is 0 Å². The largest absolute Gasteiger partial charge is 0.507 e.